The van der Waals surface area contributed by atoms with Gasteiger partial charge in [-0.15, -0.1) is 0 Å². The van der Waals surface area contributed by atoms with Crippen LogP contribution in [0.4, 0.5) is 0 Å². The van der Waals surface area contributed by atoms with Gasteiger partial charge in [-0.05, 0) is 43.7 Å². The van der Waals surface area contributed by atoms with Crippen LogP contribution in [-0.2, 0) is 0 Å². The third-order valence-corrected chi connectivity index (χ3v) is 4.04. The van der Waals surface area contributed by atoms with E-state index < -0.39 is 0 Å². The minimum absolute atomic E-state index is 0.0722. The van der Waals surface area contributed by atoms with E-state index in [9.17, 15) is 0 Å². The fourth-order valence-electron chi connectivity index (χ4n) is 2.48. The molecule has 1 N–H and O–H groups in total. The predicted octanol–water partition coefficient (Wildman–Crippen LogP) is 4.66. The van der Waals surface area contributed by atoms with Gasteiger partial charge in [0.1, 0.15) is 5.75 Å². The number of methoxy groups -OCH3 is 1. The van der Waals surface area contributed by atoms with Crippen molar-refractivity contribution in [3.8, 4) is 5.75 Å². The minimum atomic E-state index is 0.0722. The smallest absolute Gasteiger partial charge is 0.123 e. The average Bonchev–Trinajstić information content (AvgIpc) is 2.48. The van der Waals surface area contributed by atoms with Gasteiger partial charge in [-0.2, -0.15) is 0 Å². The lowest BCUT2D eigenvalue weighted by atomic mass is 9.95. The zero-order valence-corrected chi connectivity index (χ0v) is 13.8. The first-order valence-electron chi connectivity index (χ1n) is 7.20. The summed E-state index contributed by atoms with van der Waals surface area (Å²) < 4.78 is 5.53. The van der Waals surface area contributed by atoms with Crippen LogP contribution in [0.3, 0.4) is 0 Å². The minimum Gasteiger partial charge on any atom is -0.496 e. The lowest BCUT2D eigenvalue weighted by molar-refractivity contribution is 0.404. The molecule has 3 heteroatoms. The molecule has 21 heavy (non-hydrogen) atoms. The van der Waals surface area contributed by atoms with Crippen molar-refractivity contribution in [3.05, 3.63) is 63.7 Å². The number of hydrogen-bond donors (Lipinski definition) is 1. The molecule has 0 spiro atoms. The van der Waals surface area contributed by atoms with Gasteiger partial charge in [-0.1, -0.05) is 48.4 Å². The van der Waals surface area contributed by atoms with Crippen LogP contribution in [-0.4, -0.2) is 13.7 Å². The van der Waals surface area contributed by atoms with Crippen molar-refractivity contribution in [1.29, 1.82) is 0 Å². The van der Waals surface area contributed by atoms with Gasteiger partial charge >= 0.3 is 0 Å². The number of ether oxygens (including phenoxy) is 1. The number of benzene rings is 2. The molecule has 0 bridgehead atoms. The van der Waals surface area contributed by atoms with E-state index in [4.69, 9.17) is 16.3 Å². The van der Waals surface area contributed by atoms with Gasteiger partial charge in [0.05, 0.1) is 13.2 Å². The van der Waals surface area contributed by atoms with Crippen molar-refractivity contribution in [2.45, 2.75) is 26.8 Å². The maximum Gasteiger partial charge on any atom is 0.123 e. The average molecular weight is 304 g/mol. The number of nitrogens with one attached hydrogen (secondary N) is 1. The van der Waals surface area contributed by atoms with E-state index in [1.807, 2.05) is 19.1 Å². The van der Waals surface area contributed by atoms with Crippen molar-refractivity contribution >= 4 is 11.6 Å². The van der Waals surface area contributed by atoms with Crippen molar-refractivity contribution in [2.75, 3.05) is 13.7 Å². The zero-order valence-electron chi connectivity index (χ0n) is 13.0. The van der Waals surface area contributed by atoms with E-state index in [-0.39, 0.29) is 6.04 Å². The third kappa shape index (κ3) is 3.58. The molecule has 1 atom stereocenters. The molecule has 2 aromatic carbocycles. The summed E-state index contributed by atoms with van der Waals surface area (Å²) in [4.78, 5) is 0. The lowest BCUT2D eigenvalue weighted by Gasteiger charge is -2.22. The molecule has 0 aliphatic heterocycles. The third-order valence-electron chi connectivity index (χ3n) is 3.63. The molecule has 0 radical (unpaired) electrons. The van der Waals surface area contributed by atoms with Crippen molar-refractivity contribution in [1.82, 2.24) is 5.32 Å². The molecule has 0 saturated heterocycles. The van der Waals surface area contributed by atoms with E-state index >= 15 is 0 Å². The summed E-state index contributed by atoms with van der Waals surface area (Å²) in [5, 5.41) is 4.32. The molecule has 1 unspecified atom stereocenters. The summed E-state index contributed by atoms with van der Waals surface area (Å²) in [7, 11) is 1.71. The van der Waals surface area contributed by atoms with Crippen molar-refractivity contribution in [2.24, 2.45) is 0 Å². The molecular formula is C18H22ClNO. The number of rotatable bonds is 5. The molecule has 0 fully saturated rings. The van der Waals surface area contributed by atoms with Gasteiger partial charge in [0.2, 0.25) is 0 Å². The highest BCUT2D eigenvalue weighted by atomic mass is 35.5. The number of aryl methyl sites for hydroxylation is 2. The Morgan fingerprint density at radius 3 is 2.52 bits per heavy atom. The van der Waals surface area contributed by atoms with Crippen LogP contribution < -0.4 is 10.1 Å². The molecule has 0 aliphatic carbocycles. The number of halogens is 1. The van der Waals surface area contributed by atoms with Gasteiger partial charge in [0, 0.05) is 10.6 Å². The summed E-state index contributed by atoms with van der Waals surface area (Å²) in [6.45, 7) is 7.08. The monoisotopic (exact) mass is 303 g/mol. The van der Waals surface area contributed by atoms with Crippen LogP contribution in [0.25, 0.3) is 0 Å². The fraction of sp³-hybridized carbons (Fsp3) is 0.333. The molecular weight excluding hydrogens is 282 g/mol. The molecule has 2 rings (SSSR count). The standard InChI is InChI=1S/C18H22ClNO/c1-5-20-18(14-8-7-13(3)16(19)11-14)15-10-12(2)6-9-17(15)21-4/h6-11,18,20H,5H2,1-4H3. The number of hydrogen-bond acceptors (Lipinski definition) is 2. The summed E-state index contributed by atoms with van der Waals surface area (Å²) in [6.07, 6.45) is 0. The highest BCUT2D eigenvalue weighted by Gasteiger charge is 2.18. The second-order valence-electron chi connectivity index (χ2n) is 5.24. The maximum atomic E-state index is 6.29. The molecule has 0 aliphatic rings. The van der Waals surface area contributed by atoms with Gasteiger partial charge in [0.25, 0.3) is 0 Å². The topological polar surface area (TPSA) is 21.3 Å². The van der Waals surface area contributed by atoms with Crippen LogP contribution in [0.15, 0.2) is 36.4 Å². The van der Waals surface area contributed by atoms with Gasteiger partial charge in [-0.25, -0.2) is 0 Å². The molecule has 2 nitrogen and oxygen atoms in total. The zero-order chi connectivity index (χ0) is 15.4. The Morgan fingerprint density at radius 2 is 1.90 bits per heavy atom. The first-order chi connectivity index (χ1) is 10.1. The van der Waals surface area contributed by atoms with E-state index in [1.54, 1.807) is 7.11 Å². The maximum absolute atomic E-state index is 6.29. The lowest BCUT2D eigenvalue weighted by Crippen LogP contribution is -2.22. The summed E-state index contributed by atoms with van der Waals surface area (Å²) in [5.74, 6) is 0.892. The van der Waals surface area contributed by atoms with E-state index in [0.717, 1.165) is 34.0 Å². The van der Waals surface area contributed by atoms with Crippen LogP contribution in [0.2, 0.25) is 5.02 Å². The Labute approximate surface area is 132 Å². The van der Waals surface area contributed by atoms with Gasteiger partial charge in [0.15, 0.2) is 0 Å². The van der Waals surface area contributed by atoms with Crippen molar-refractivity contribution < 1.29 is 4.74 Å². The predicted molar refractivity (Wildman–Crippen MR) is 89.4 cm³/mol. The quantitative estimate of drug-likeness (QED) is 0.867. The largest absolute Gasteiger partial charge is 0.496 e. The normalized spacial score (nSPS) is 12.2. The molecule has 0 aromatic heterocycles. The van der Waals surface area contributed by atoms with Gasteiger partial charge in [-0.3, -0.25) is 0 Å². The molecule has 0 saturated carbocycles. The Kier molecular flexibility index (Phi) is 5.27. The molecule has 2 aromatic rings. The van der Waals surface area contributed by atoms with E-state index in [2.05, 4.69) is 43.4 Å². The van der Waals surface area contributed by atoms with Crippen LogP contribution in [0.5, 0.6) is 5.75 Å². The Bertz CT molecular complexity index is 625. The Hall–Kier alpha value is -1.51. The van der Waals surface area contributed by atoms with Crippen LogP contribution in [0, 0.1) is 13.8 Å². The first-order valence-corrected chi connectivity index (χ1v) is 7.58. The van der Waals surface area contributed by atoms with E-state index in [0.29, 0.717) is 0 Å². The Morgan fingerprint density at radius 1 is 1.14 bits per heavy atom. The van der Waals surface area contributed by atoms with E-state index in [1.165, 1.54) is 5.56 Å². The van der Waals surface area contributed by atoms with Crippen LogP contribution >= 0.6 is 11.6 Å². The van der Waals surface area contributed by atoms with Crippen molar-refractivity contribution in [3.63, 3.8) is 0 Å². The molecule has 112 valence electrons. The molecule has 0 heterocycles. The van der Waals surface area contributed by atoms with Gasteiger partial charge < -0.3 is 10.1 Å². The summed E-state index contributed by atoms with van der Waals surface area (Å²) >= 11 is 6.29. The van der Waals surface area contributed by atoms with Crippen LogP contribution in [0.1, 0.15) is 35.2 Å². The highest BCUT2D eigenvalue weighted by Crippen LogP contribution is 2.32. The molecule has 0 amide bonds. The first kappa shape index (κ1) is 15.9. The highest BCUT2D eigenvalue weighted by molar-refractivity contribution is 6.31. The SMILES string of the molecule is CCNC(c1ccc(C)c(Cl)c1)c1cc(C)ccc1OC. The summed E-state index contributed by atoms with van der Waals surface area (Å²) in [5.41, 5.74) is 4.59. The fourth-order valence-corrected chi connectivity index (χ4v) is 2.67. The summed E-state index contributed by atoms with van der Waals surface area (Å²) in [6, 6.07) is 12.5. The second-order valence-corrected chi connectivity index (χ2v) is 5.65. The second kappa shape index (κ2) is 6.97. The Balaban J connectivity index is 2.52.